The molecule has 0 unspecified atom stereocenters. The molecule has 3 aromatic rings. The number of rotatable bonds is 6. The second kappa shape index (κ2) is 10.9. The number of benzene rings is 2. The summed E-state index contributed by atoms with van der Waals surface area (Å²) < 4.78 is 20.5. The number of amides is 1. The maximum Gasteiger partial charge on any atom is 0.286 e. The summed E-state index contributed by atoms with van der Waals surface area (Å²) in [6.45, 7) is 1.31. The molecule has 1 N–H and O–H groups in total. The van der Waals surface area contributed by atoms with Crippen LogP contribution in [0.4, 0.5) is 4.39 Å². The number of hydrazine groups is 1. The van der Waals surface area contributed by atoms with E-state index in [4.69, 9.17) is 33.0 Å². The molecular weight excluding hydrogens is 522 g/mol. The maximum absolute atomic E-state index is 13.5. The second-order valence-corrected chi connectivity index (χ2v) is 10.6. The number of carbonyl (C=O) groups is 1. The molecule has 1 saturated heterocycles. The molecule has 36 heavy (non-hydrogen) atoms. The minimum absolute atomic E-state index is 0.130. The van der Waals surface area contributed by atoms with Crippen molar-refractivity contribution >= 4 is 52.5 Å². The van der Waals surface area contributed by atoms with Gasteiger partial charge < -0.3 is 4.74 Å². The molecular formula is C26H25Cl2FN4O2S. The van der Waals surface area contributed by atoms with E-state index in [1.165, 1.54) is 12.1 Å². The van der Waals surface area contributed by atoms with E-state index < -0.39 is 0 Å². The predicted octanol–water partition coefficient (Wildman–Crippen LogP) is 5.86. The molecule has 6 nitrogen and oxygen atoms in total. The van der Waals surface area contributed by atoms with Gasteiger partial charge in [-0.2, -0.15) is 16.9 Å². The third-order valence-electron chi connectivity index (χ3n) is 6.34. The van der Waals surface area contributed by atoms with Crippen molar-refractivity contribution < 1.29 is 13.9 Å². The van der Waals surface area contributed by atoms with Gasteiger partial charge in [0.25, 0.3) is 5.91 Å². The highest BCUT2D eigenvalue weighted by molar-refractivity contribution is 7.99. The van der Waals surface area contributed by atoms with E-state index in [2.05, 4.69) is 5.43 Å². The van der Waals surface area contributed by atoms with Crippen LogP contribution in [-0.2, 0) is 10.5 Å². The lowest BCUT2D eigenvalue weighted by Crippen LogP contribution is -2.47. The Hall–Kier alpha value is -2.36. The van der Waals surface area contributed by atoms with E-state index in [0.717, 1.165) is 41.8 Å². The summed E-state index contributed by atoms with van der Waals surface area (Å²) in [7, 11) is 1.67. The number of hydrogen-bond acceptors (Lipinski definition) is 5. The highest BCUT2D eigenvalue weighted by Crippen LogP contribution is 2.38. The van der Waals surface area contributed by atoms with Crippen molar-refractivity contribution in [3.63, 3.8) is 0 Å². The number of hydrogen-bond donors (Lipinski definition) is 1. The first-order chi connectivity index (χ1) is 17.4. The smallest absolute Gasteiger partial charge is 0.286 e. The van der Waals surface area contributed by atoms with Crippen molar-refractivity contribution in [1.82, 2.24) is 20.2 Å². The molecule has 3 heterocycles. The lowest BCUT2D eigenvalue weighted by atomic mass is 10.0. The van der Waals surface area contributed by atoms with E-state index >= 15 is 0 Å². The van der Waals surface area contributed by atoms with E-state index in [1.54, 1.807) is 53.9 Å². The number of carbonyl (C=O) groups excluding carboxylic acids is 1. The summed E-state index contributed by atoms with van der Waals surface area (Å²) in [6, 6.07) is 11.7. The molecule has 0 saturated carbocycles. The third-order valence-corrected chi connectivity index (χ3v) is 7.88. The highest BCUT2D eigenvalue weighted by Gasteiger charge is 2.32. The molecule has 1 fully saturated rings. The molecule has 0 radical (unpaired) electrons. The average Bonchev–Trinajstić information content (AvgIpc) is 3.46. The Labute approximate surface area is 223 Å². The van der Waals surface area contributed by atoms with E-state index in [0.29, 0.717) is 39.5 Å². The molecule has 5 rings (SSSR count). The van der Waals surface area contributed by atoms with Crippen LogP contribution in [0.25, 0.3) is 17.3 Å². The predicted molar refractivity (Wildman–Crippen MR) is 143 cm³/mol. The summed E-state index contributed by atoms with van der Waals surface area (Å²) in [5.41, 5.74) is 7.54. The Morgan fingerprint density at radius 2 is 2.06 bits per heavy atom. The molecule has 2 aliphatic heterocycles. The van der Waals surface area contributed by atoms with Gasteiger partial charge in [-0.3, -0.25) is 10.2 Å². The SMILES string of the molecule is COC[C@@H]1CCCN1NC(=O)c1nn(-c2ccc(Cl)cc2Cl)c2c1CSCC2=Cc1ccc(F)cc1. The van der Waals surface area contributed by atoms with Crippen molar-refractivity contribution in [2.45, 2.75) is 24.6 Å². The highest BCUT2D eigenvalue weighted by atomic mass is 35.5. The fourth-order valence-corrected chi connectivity index (χ4v) is 6.17. The van der Waals surface area contributed by atoms with Crippen LogP contribution in [-0.4, -0.2) is 52.8 Å². The van der Waals surface area contributed by atoms with E-state index in [-0.39, 0.29) is 17.8 Å². The molecule has 1 amide bonds. The first-order valence-electron chi connectivity index (χ1n) is 11.6. The molecule has 188 valence electrons. The van der Waals surface area contributed by atoms with Crippen LogP contribution in [0.5, 0.6) is 0 Å². The molecule has 2 aromatic carbocycles. The average molecular weight is 547 g/mol. The third kappa shape index (κ3) is 5.19. The standard InChI is InChI=1S/C26H25Cl2FN4O2S/c1-35-13-20-3-2-10-32(20)31-26(34)24-21-15-36-14-17(11-16-4-7-19(29)8-5-16)25(21)33(30-24)23-9-6-18(27)12-22(23)28/h4-9,11-12,20H,2-3,10,13-15H2,1H3,(H,31,34)/t20-/m0/s1. The van der Waals surface area contributed by atoms with Crippen LogP contribution in [0.15, 0.2) is 42.5 Å². The number of fused-ring (bicyclic) bond motifs is 1. The summed E-state index contributed by atoms with van der Waals surface area (Å²) in [5.74, 6) is 0.791. The Morgan fingerprint density at radius 1 is 1.25 bits per heavy atom. The second-order valence-electron chi connectivity index (χ2n) is 8.78. The number of thioether (sulfide) groups is 1. The van der Waals surface area contributed by atoms with Gasteiger partial charge in [0, 0.05) is 35.7 Å². The Morgan fingerprint density at radius 3 is 2.81 bits per heavy atom. The topological polar surface area (TPSA) is 59.4 Å². The molecule has 2 aliphatic rings. The number of nitrogens with one attached hydrogen (secondary N) is 1. The van der Waals surface area contributed by atoms with Crippen LogP contribution >= 0.6 is 35.0 Å². The molecule has 1 atom stereocenters. The zero-order valence-electron chi connectivity index (χ0n) is 19.6. The Kier molecular flexibility index (Phi) is 7.69. The van der Waals surface area contributed by atoms with Gasteiger partial charge in [-0.25, -0.2) is 14.1 Å². The molecule has 0 aliphatic carbocycles. The molecule has 1 aromatic heterocycles. The van der Waals surface area contributed by atoms with Crippen LogP contribution in [0, 0.1) is 5.82 Å². The van der Waals surface area contributed by atoms with Crippen molar-refractivity contribution in [1.29, 1.82) is 0 Å². The normalized spacial score (nSPS) is 19.0. The van der Waals surface area contributed by atoms with Crippen molar-refractivity contribution in [3.05, 3.63) is 80.8 Å². The van der Waals surface area contributed by atoms with Crippen LogP contribution in [0.3, 0.4) is 0 Å². The summed E-state index contributed by atoms with van der Waals surface area (Å²) in [6.07, 6.45) is 3.95. The van der Waals surface area contributed by atoms with Crippen molar-refractivity contribution in [2.75, 3.05) is 26.0 Å². The fourth-order valence-electron chi connectivity index (χ4n) is 4.66. The quantitative estimate of drug-likeness (QED) is 0.419. The van der Waals surface area contributed by atoms with Gasteiger partial charge in [0.05, 0.1) is 29.1 Å². The van der Waals surface area contributed by atoms with Gasteiger partial charge in [0.1, 0.15) is 5.82 Å². The van der Waals surface area contributed by atoms with Crippen molar-refractivity contribution in [3.8, 4) is 5.69 Å². The first-order valence-corrected chi connectivity index (χ1v) is 13.5. The van der Waals surface area contributed by atoms with Gasteiger partial charge in [0.15, 0.2) is 5.69 Å². The number of halogens is 3. The van der Waals surface area contributed by atoms with Crippen molar-refractivity contribution in [2.24, 2.45) is 0 Å². The summed E-state index contributed by atoms with van der Waals surface area (Å²) in [4.78, 5) is 13.5. The molecule has 10 heteroatoms. The van der Waals surface area contributed by atoms with Gasteiger partial charge in [0.2, 0.25) is 0 Å². The van der Waals surface area contributed by atoms with Gasteiger partial charge in [-0.15, -0.1) is 0 Å². The number of methoxy groups -OCH3 is 1. The van der Waals surface area contributed by atoms with Crippen LogP contribution in [0.2, 0.25) is 10.0 Å². The van der Waals surface area contributed by atoms with Gasteiger partial charge in [-0.05, 0) is 60.4 Å². The first kappa shape index (κ1) is 25.3. The van der Waals surface area contributed by atoms with Crippen LogP contribution < -0.4 is 5.43 Å². The lowest BCUT2D eigenvalue weighted by Gasteiger charge is -2.24. The summed E-state index contributed by atoms with van der Waals surface area (Å²) >= 11 is 14.4. The maximum atomic E-state index is 13.5. The van der Waals surface area contributed by atoms with E-state index in [1.807, 2.05) is 11.1 Å². The Bertz CT molecular complexity index is 1310. The fraction of sp³-hybridized carbons (Fsp3) is 0.308. The minimum Gasteiger partial charge on any atom is -0.383 e. The zero-order valence-corrected chi connectivity index (χ0v) is 22.0. The van der Waals surface area contributed by atoms with Gasteiger partial charge in [-0.1, -0.05) is 35.3 Å². The van der Waals surface area contributed by atoms with Crippen LogP contribution in [0.1, 0.15) is 40.2 Å². The Balaban J connectivity index is 1.59. The number of aromatic nitrogens is 2. The lowest BCUT2D eigenvalue weighted by molar-refractivity contribution is 0.0606. The molecule has 0 bridgehead atoms. The molecule has 0 spiro atoms. The number of ether oxygens (including phenoxy) is 1. The van der Waals surface area contributed by atoms with E-state index in [9.17, 15) is 9.18 Å². The largest absolute Gasteiger partial charge is 0.383 e. The van der Waals surface area contributed by atoms with Gasteiger partial charge >= 0.3 is 0 Å². The minimum atomic E-state index is -0.290. The zero-order chi connectivity index (χ0) is 25.2. The monoisotopic (exact) mass is 546 g/mol. The number of nitrogens with zero attached hydrogens (tertiary/aromatic N) is 3. The summed E-state index contributed by atoms with van der Waals surface area (Å²) in [5, 5.41) is 7.66.